The molecule has 0 fully saturated rings. The van der Waals surface area contributed by atoms with Crippen molar-refractivity contribution < 1.29 is 4.74 Å². The zero-order valence-corrected chi connectivity index (χ0v) is 10.7. The number of aryl methyl sites for hydroxylation is 2. The molecule has 0 heterocycles. The SMILES string of the molecule is COCC(N)CN(C)c1ccc(C)cc1C. The number of benzene rings is 1. The van der Waals surface area contributed by atoms with Crippen molar-refractivity contribution in [3.63, 3.8) is 0 Å². The largest absolute Gasteiger partial charge is 0.383 e. The van der Waals surface area contributed by atoms with Crippen molar-refractivity contribution in [2.75, 3.05) is 32.2 Å². The summed E-state index contributed by atoms with van der Waals surface area (Å²) in [6.07, 6.45) is 0. The van der Waals surface area contributed by atoms with Crippen molar-refractivity contribution in [3.8, 4) is 0 Å². The van der Waals surface area contributed by atoms with E-state index in [-0.39, 0.29) is 6.04 Å². The summed E-state index contributed by atoms with van der Waals surface area (Å²) in [6, 6.07) is 6.51. The number of hydrogen-bond donors (Lipinski definition) is 1. The minimum Gasteiger partial charge on any atom is -0.383 e. The fraction of sp³-hybridized carbons (Fsp3) is 0.538. The molecule has 16 heavy (non-hydrogen) atoms. The van der Waals surface area contributed by atoms with Gasteiger partial charge in [0.1, 0.15) is 0 Å². The molecule has 90 valence electrons. The lowest BCUT2D eigenvalue weighted by Gasteiger charge is -2.24. The second kappa shape index (κ2) is 5.87. The molecule has 1 aromatic rings. The second-order valence-electron chi connectivity index (χ2n) is 4.39. The average molecular weight is 222 g/mol. The van der Waals surface area contributed by atoms with Crippen LogP contribution in [-0.2, 0) is 4.74 Å². The molecule has 0 aliphatic rings. The molecule has 1 unspecified atom stereocenters. The molecule has 0 radical (unpaired) electrons. The first-order chi connectivity index (χ1) is 7.54. The molecule has 0 saturated carbocycles. The van der Waals surface area contributed by atoms with Gasteiger partial charge < -0.3 is 15.4 Å². The zero-order valence-electron chi connectivity index (χ0n) is 10.7. The highest BCUT2D eigenvalue weighted by molar-refractivity contribution is 5.53. The molecular formula is C13H22N2O. The van der Waals surface area contributed by atoms with Crippen LogP contribution >= 0.6 is 0 Å². The quantitative estimate of drug-likeness (QED) is 0.824. The van der Waals surface area contributed by atoms with Crippen molar-refractivity contribution >= 4 is 5.69 Å². The topological polar surface area (TPSA) is 38.5 Å². The van der Waals surface area contributed by atoms with Crippen molar-refractivity contribution in [2.45, 2.75) is 19.9 Å². The number of ether oxygens (including phenoxy) is 1. The standard InChI is InChI=1S/C13H22N2O/c1-10-5-6-13(11(2)7-10)15(3)8-12(14)9-16-4/h5-7,12H,8-9,14H2,1-4H3. The van der Waals surface area contributed by atoms with Crippen LogP contribution in [0.5, 0.6) is 0 Å². The molecule has 0 saturated heterocycles. The summed E-state index contributed by atoms with van der Waals surface area (Å²) in [6.45, 7) is 5.63. The first-order valence-corrected chi connectivity index (χ1v) is 5.57. The number of anilines is 1. The Morgan fingerprint density at radius 1 is 1.38 bits per heavy atom. The number of rotatable bonds is 5. The molecule has 2 N–H and O–H groups in total. The summed E-state index contributed by atoms with van der Waals surface area (Å²) < 4.78 is 5.04. The van der Waals surface area contributed by atoms with Crippen molar-refractivity contribution in [1.29, 1.82) is 0 Å². The highest BCUT2D eigenvalue weighted by Crippen LogP contribution is 2.19. The van der Waals surface area contributed by atoms with Crippen LogP contribution in [0.1, 0.15) is 11.1 Å². The number of hydrogen-bond acceptors (Lipinski definition) is 3. The maximum Gasteiger partial charge on any atom is 0.0631 e. The van der Waals surface area contributed by atoms with Crippen molar-refractivity contribution in [1.82, 2.24) is 0 Å². The summed E-state index contributed by atoms with van der Waals surface area (Å²) in [5.74, 6) is 0. The van der Waals surface area contributed by atoms with Gasteiger partial charge in [-0.15, -0.1) is 0 Å². The van der Waals surface area contributed by atoms with Crippen LogP contribution < -0.4 is 10.6 Å². The van der Waals surface area contributed by atoms with E-state index in [1.54, 1.807) is 7.11 Å². The minimum atomic E-state index is 0.0516. The van der Waals surface area contributed by atoms with Crippen LogP contribution in [0.25, 0.3) is 0 Å². The fourth-order valence-corrected chi connectivity index (χ4v) is 1.95. The smallest absolute Gasteiger partial charge is 0.0631 e. The van der Waals surface area contributed by atoms with E-state index in [1.807, 2.05) is 0 Å². The number of likely N-dealkylation sites (N-methyl/N-ethyl adjacent to an activating group) is 1. The van der Waals surface area contributed by atoms with E-state index >= 15 is 0 Å². The normalized spacial score (nSPS) is 12.6. The van der Waals surface area contributed by atoms with Gasteiger partial charge in [-0.1, -0.05) is 17.7 Å². The fourth-order valence-electron chi connectivity index (χ4n) is 1.95. The average Bonchev–Trinajstić information content (AvgIpc) is 2.17. The molecule has 0 spiro atoms. The minimum absolute atomic E-state index is 0.0516. The van der Waals surface area contributed by atoms with Gasteiger partial charge in [0.25, 0.3) is 0 Å². The van der Waals surface area contributed by atoms with Crippen molar-refractivity contribution in [2.24, 2.45) is 5.73 Å². The van der Waals surface area contributed by atoms with E-state index in [0.717, 1.165) is 6.54 Å². The monoisotopic (exact) mass is 222 g/mol. The highest BCUT2D eigenvalue weighted by atomic mass is 16.5. The van der Waals surface area contributed by atoms with Gasteiger partial charge >= 0.3 is 0 Å². The summed E-state index contributed by atoms with van der Waals surface area (Å²) in [5.41, 5.74) is 9.74. The van der Waals surface area contributed by atoms with E-state index < -0.39 is 0 Å². The Morgan fingerprint density at radius 3 is 2.62 bits per heavy atom. The third-order valence-electron chi connectivity index (χ3n) is 2.65. The number of methoxy groups -OCH3 is 1. The first-order valence-electron chi connectivity index (χ1n) is 5.57. The Balaban J connectivity index is 2.69. The molecule has 0 amide bonds. The van der Waals surface area contributed by atoms with Crippen LogP contribution in [0.15, 0.2) is 18.2 Å². The molecular weight excluding hydrogens is 200 g/mol. The number of nitrogens with zero attached hydrogens (tertiary/aromatic N) is 1. The molecule has 1 atom stereocenters. The summed E-state index contributed by atoms with van der Waals surface area (Å²) >= 11 is 0. The lowest BCUT2D eigenvalue weighted by atomic mass is 10.1. The van der Waals surface area contributed by atoms with Gasteiger partial charge in [-0.25, -0.2) is 0 Å². The summed E-state index contributed by atoms with van der Waals surface area (Å²) in [7, 11) is 3.74. The van der Waals surface area contributed by atoms with E-state index in [4.69, 9.17) is 10.5 Å². The van der Waals surface area contributed by atoms with Gasteiger partial charge in [-0.2, -0.15) is 0 Å². The van der Waals surface area contributed by atoms with Crippen molar-refractivity contribution in [3.05, 3.63) is 29.3 Å². The second-order valence-corrected chi connectivity index (χ2v) is 4.39. The Hall–Kier alpha value is -1.06. The Kier molecular flexibility index (Phi) is 4.77. The lowest BCUT2D eigenvalue weighted by molar-refractivity contribution is 0.181. The maximum absolute atomic E-state index is 5.94. The van der Waals surface area contributed by atoms with Gasteiger partial charge in [-0.05, 0) is 25.5 Å². The van der Waals surface area contributed by atoms with Gasteiger partial charge in [0, 0.05) is 32.4 Å². The zero-order chi connectivity index (χ0) is 12.1. The van der Waals surface area contributed by atoms with Crippen LogP contribution in [0.2, 0.25) is 0 Å². The Labute approximate surface area is 98.2 Å². The van der Waals surface area contributed by atoms with Crippen LogP contribution in [0.3, 0.4) is 0 Å². The molecule has 3 nitrogen and oxygen atoms in total. The summed E-state index contributed by atoms with van der Waals surface area (Å²) in [5, 5.41) is 0. The highest BCUT2D eigenvalue weighted by Gasteiger charge is 2.09. The van der Waals surface area contributed by atoms with E-state index in [9.17, 15) is 0 Å². The van der Waals surface area contributed by atoms with E-state index in [1.165, 1.54) is 16.8 Å². The van der Waals surface area contributed by atoms with E-state index in [2.05, 4.69) is 44.0 Å². The van der Waals surface area contributed by atoms with Crippen LogP contribution in [0, 0.1) is 13.8 Å². The molecule has 0 aromatic heterocycles. The maximum atomic E-state index is 5.94. The molecule has 0 aliphatic carbocycles. The lowest BCUT2D eigenvalue weighted by Crippen LogP contribution is -2.38. The molecule has 0 aliphatic heterocycles. The third kappa shape index (κ3) is 3.51. The molecule has 1 aromatic carbocycles. The first kappa shape index (κ1) is 13.0. The van der Waals surface area contributed by atoms with Gasteiger partial charge in [0.05, 0.1) is 6.61 Å². The van der Waals surface area contributed by atoms with Crippen LogP contribution in [0.4, 0.5) is 5.69 Å². The summed E-state index contributed by atoms with van der Waals surface area (Å²) in [4.78, 5) is 2.18. The van der Waals surface area contributed by atoms with Gasteiger partial charge in [0.15, 0.2) is 0 Å². The number of nitrogens with two attached hydrogens (primary N) is 1. The predicted molar refractivity (Wildman–Crippen MR) is 69.0 cm³/mol. The molecule has 1 rings (SSSR count). The Morgan fingerprint density at radius 2 is 2.06 bits per heavy atom. The van der Waals surface area contributed by atoms with E-state index in [0.29, 0.717) is 6.61 Å². The molecule has 3 heteroatoms. The van der Waals surface area contributed by atoms with Crippen LogP contribution in [-0.4, -0.2) is 33.4 Å². The van der Waals surface area contributed by atoms with Gasteiger partial charge in [-0.3, -0.25) is 0 Å². The predicted octanol–water partition coefficient (Wildman–Crippen LogP) is 1.71. The third-order valence-corrected chi connectivity index (χ3v) is 2.65. The molecule has 0 bridgehead atoms. The van der Waals surface area contributed by atoms with Gasteiger partial charge in [0.2, 0.25) is 0 Å². The Bertz CT molecular complexity index is 339.